The predicted octanol–water partition coefficient (Wildman–Crippen LogP) is 7.06. The van der Waals surface area contributed by atoms with Gasteiger partial charge in [-0.25, -0.2) is 0 Å². The van der Waals surface area contributed by atoms with Crippen molar-refractivity contribution in [3.05, 3.63) is 80.8 Å². The van der Waals surface area contributed by atoms with Crippen LogP contribution in [-0.2, 0) is 9.98 Å². The van der Waals surface area contributed by atoms with Crippen molar-refractivity contribution >= 4 is 39.4 Å². The van der Waals surface area contributed by atoms with E-state index in [1.165, 1.54) is 21.3 Å². The van der Waals surface area contributed by atoms with Crippen molar-refractivity contribution in [1.29, 1.82) is 0 Å². The summed E-state index contributed by atoms with van der Waals surface area (Å²) in [5.74, 6) is 0.279. The molecule has 0 aromatic heterocycles. The molecule has 0 aliphatic rings. The Morgan fingerprint density at radius 3 is 1.81 bits per heavy atom. The van der Waals surface area contributed by atoms with E-state index in [0.717, 1.165) is 5.56 Å². The van der Waals surface area contributed by atoms with Gasteiger partial charge in [0.05, 0.1) is 25.8 Å². The monoisotopic (exact) mass is 586 g/mol. The number of benzene rings is 3. The van der Waals surface area contributed by atoms with Crippen molar-refractivity contribution < 1.29 is 28.4 Å². The topological polar surface area (TPSA) is 78.9 Å². The average molecular weight is 587 g/mol. The lowest BCUT2D eigenvalue weighted by molar-refractivity contribution is 0.104. The molecule has 3 rings (SSSR count). The minimum absolute atomic E-state index is 0.00475. The predicted molar refractivity (Wildman–Crippen MR) is 151 cm³/mol. The van der Waals surface area contributed by atoms with Crippen molar-refractivity contribution in [1.82, 2.24) is 0 Å². The lowest BCUT2D eigenvalue weighted by Gasteiger charge is -2.26. The molecular formula is C29H32BrO6P. The molecule has 0 saturated carbocycles. The fourth-order valence-electron chi connectivity index (χ4n) is 4.36. The molecule has 0 heterocycles. The summed E-state index contributed by atoms with van der Waals surface area (Å²) in [5.41, 5.74) is 0.925. The molecule has 0 bridgehead atoms. The fourth-order valence-corrected chi connectivity index (χ4v) is 7.83. The smallest absolute Gasteiger partial charge is 0.256 e. The van der Waals surface area contributed by atoms with Gasteiger partial charge in [0, 0.05) is 17.2 Å². The molecule has 0 fully saturated rings. The second-order valence-electron chi connectivity index (χ2n) is 9.80. The van der Waals surface area contributed by atoms with Crippen LogP contribution in [0.1, 0.15) is 58.2 Å². The van der Waals surface area contributed by atoms with Gasteiger partial charge in [0.15, 0.2) is 11.5 Å². The molecule has 1 unspecified atom stereocenters. The Morgan fingerprint density at radius 1 is 0.811 bits per heavy atom. The third-order valence-corrected chi connectivity index (χ3v) is 9.53. The van der Waals surface area contributed by atoms with Gasteiger partial charge in [-0.15, -0.1) is 0 Å². The lowest BCUT2D eigenvalue weighted by atomic mass is 9.84. The van der Waals surface area contributed by atoms with E-state index >= 15 is 4.57 Å². The van der Waals surface area contributed by atoms with Crippen LogP contribution in [0.2, 0.25) is 0 Å². The van der Waals surface area contributed by atoms with Crippen LogP contribution in [0.25, 0.3) is 0 Å². The number of carbonyl (C=O) groups is 2. The summed E-state index contributed by atoms with van der Waals surface area (Å²) in [4.78, 5) is 28.6. The molecule has 37 heavy (non-hydrogen) atoms. The summed E-state index contributed by atoms with van der Waals surface area (Å²) in [6, 6.07) is 13.5. The first-order valence-electron chi connectivity index (χ1n) is 11.7. The summed E-state index contributed by atoms with van der Waals surface area (Å²) >= 11 is 3.42. The molecule has 6 nitrogen and oxygen atoms in total. The number of carbonyl (C=O) groups excluding carboxylic acids is 2. The Kier molecular flexibility index (Phi) is 8.40. The molecule has 0 aliphatic carbocycles. The summed E-state index contributed by atoms with van der Waals surface area (Å²) in [6.07, 6.45) is 0. The minimum Gasteiger partial charge on any atom is -0.495 e. The van der Waals surface area contributed by atoms with Crippen LogP contribution in [-0.4, -0.2) is 32.4 Å². The largest absolute Gasteiger partial charge is 0.495 e. The summed E-state index contributed by atoms with van der Waals surface area (Å²) < 4.78 is 32.3. The van der Waals surface area contributed by atoms with Gasteiger partial charge < -0.3 is 18.8 Å². The van der Waals surface area contributed by atoms with E-state index in [2.05, 4.69) is 36.7 Å². The summed E-state index contributed by atoms with van der Waals surface area (Å²) in [7, 11) is -0.451. The highest BCUT2D eigenvalue weighted by atomic mass is 79.9. The highest BCUT2D eigenvalue weighted by Crippen LogP contribution is 2.58. The maximum Gasteiger partial charge on any atom is 0.256 e. The van der Waals surface area contributed by atoms with Crippen LogP contribution in [0, 0.1) is 13.8 Å². The van der Waals surface area contributed by atoms with Crippen LogP contribution in [0.5, 0.6) is 17.2 Å². The summed E-state index contributed by atoms with van der Waals surface area (Å²) in [5, 5.41) is -0.138. The van der Waals surface area contributed by atoms with Gasteiger partial charge in [-0.3, -0.25) is 9.59 Å². The van der Waals surface area contributed by atoms with E-state index in [-0.39, 0.29) is 39.1 Å². The quantitative estimate of drug-likeness (QED) is 0.263. The van der Waals surface area contributed by atoms with Gasteiger partial charge in [0.2, 0.25) is 11.0 Å². The van der Waals surface area contributed by atoms with Gasteiger partial charge in [-0.05, 0) is 51.9 Å². The van der Waals surface area contributed by atoms with E-state index in [4.69, 9.17) is 14.2 Å². The van der Waals surface area contributed by atoms with Crippen molar-refractivity contribution in [3.63, 3.8) is 0 Å². The van der Waals surface area contributed by atoms with E-state index in [9.17, 15) is 9.59 Å². The van der Waals surface area contributed by atoms with E-state index < -0.39 is 18.2 Å². The zero-order valence-electron chi connectivity index (χ0n) is 22.4. The van der Waals surface area contributed by atoms with Gasteiger partial charge in [-0.1, -0.05) is 63.2 Å². The third kappa shape index (κ3) is 5.12. The van der Waals surface area contributed by atoms with Crippen molar-refractivity contribution in [2.75, 3.05) is 21.3 Å². The van der Waals surface area contributed by atoms with Gasteiger partial charge in [0.1, 0.15) is 11.1 Å². The van der Waals surface area contributed by atoms with Gasteiger partial charge in [0.25, 0.3) is 7.14 Å². The molecule has 0 aliphatic heterocycles. The Labute approximate surface area is 226 Å². The standard InChI is InChI=1S/C29H32BrO6P/c1-17-14-20(29(3,4)5)15-18(2)23(17)28(32)37(33,27(31)19-12-10-9-11-13-19)26-24(35-7)21(30)16-22(34-6)25(26)36-8/h9-16H,1-8H3. The van der Waals surface area contributed by atoms with Crippen molar-refractivity contribution in [2.24, 2.45) is 0 Å². The molecule has 0 spiro atoms. The van der Waals surface area contributed by atoms with Gasteiger partial charge in [-0.2, -0.15) is 0 Å². The maximum atomic E-state index is 15.2. The zero-order chi connectivity index (χ0) is 27.7. The maximum absolute atomic E-state index is 15.2. The first-order valence-corrected chi connectivity index (χ1v) is 14.2. The Bertz CT molecular complexity index is 1380. The second-order valence-corrected chi connectivity index (χ2v) is 13.1. The van der Waals surface area contributed by atoms with E-state index in [0.29, 0.717) is 15.6 Å². The number of rotatable bonds is 8. The highest BCUT2D eigenvalue weighted by molar-refractivity contribution is 9.10. The van der Waals surface area contributed by atoms with Gasteiger partial charge >= 0.3 is 0 Å². The zero-order valence-corrected chi connectivity index (χ0v) is 24.9. The number of halogens is 1. The molecule has 3 aromatic rings. The minimum atomic E-state index is -4.62. The normalized spacial score (nSPS) is 13.0. The average Bonchev–Trinajstić information content (AvgIpc) is 2.86. The molecule has 0 saturated heterocycles. The lowest BCUT2D eigenvalue weighted by Crippen LogP contribution is -2.25. The molecule has 3 aromatic carbocycles. The molecule has 0 N–H and O–H groups in total. The van der Waals surface area contributed by atoms with E-state index in [1.807, 2.05) is 12.1 Å². The third-order valence-electron chi connectivity index (χ3n) is 6.28. The molecule has 0 radical (unpaired) electrons. The summed E-state index contributed by atoms with van der Waals surface area (Å²) in [6.45, 7) is 9.83. The Hall–Kier alpha value is -2.89. The van der Waals surface area contributed by atoms with Crippen LogP contribution in [0.3, 0.4) is 0 Å². The van der Waals surface area contributed by atoms with Crippen LogP contribution >= 0.6 is 23.1 Å². The number of aryl methyl sites for hydroxylation is 2. The van der Waals surface area contributed by atoms with Crippen molar-refractivity contribution in [2.45, 2.75) is 40.0 Å². The molecule has 8 heteroatoms. The fraction of sp³-hybridized carbons (Fsp3) is 0.310. The van der Waals surface area contributed by atoms with Crippen LogP contribution in [0.15, 0.2) is 53.0 Å². The first kappa shape index (κ1) is 28.7. The number of hydrogen-bond acceptors (Lipinski definition) is 6. The molecule has 0 amide bonds. The number of ether oxygens (including phenoxy) is 3. The molecule has 196 valence electrons. The van der Waals surface area contributed by atoms with E-state index in [1.54, 1.807) is 50.2 Å². The van der Waals surface area contributed by atoms with Crippen LogP contribution in [0.4, 0.5) is 0 Å². The molecule has 1 atom stereocenters. The highest BCUT2D eigenvalue weighted by Gasteiger charge is 2.49. The number of hydrogen-bond donors (Lipinski definition) is 0. The Morgan fingerprint density at radius 2 is 1.35 bits per heavy atom. The SMILES string of the molecule is COc1cc(Br)c(OC)c(P(=O)(C(=O)c2ccccc2)C(=O)c2c(C)cc(C(C)(C)C)cc2C)c1OC. The molecular weight excluding hydrogens is 555 g/mol. The van der Waals surface area contributed by atoms with Crippen LogP contribution < -0.4 is 19.5 Å². The Balaban J connectivity index is 2.47. The first-order chi connectivity index (χ1) is 17.3. The van der Waals surface area contributed by atoms with Crippen molar-refractivity contribution in [3.8, 4) is 17.2 Å². The second kappa shape index (κ2) is 10.8. The number of methoxy groups -OCH3 is 3.